The summed E-state index contributed by atoms with van der Waals surface area (Å²) in [4.78, 5) is 6.43. The molecule has 1 aromatic carbocycles. The number of allylic oxidation sites excluding steroid dienone is 1. The van der Waals surface area contributed by atoms with Gasteiger partial charge in [-0.25, -0.2) is 14.4 Å². The monoisotopic (exact) mass is 350 g/mol. The van der Waals surface area contributed by atoms with E-state index in [9.17, 15) is 4.39 Å². The summed E-state index contributed by atoms with van der Waals surface area (Å²) in [6.07, 6.45) is 3.80. The van der Waals surface area contributed by atoms with Crippen molar-refractivity contribution in [1.82, 2.24) is 5.01 Å². The van der Waals surface area contributed by atoms with Crippen molar-refractivity contribution in [2.45, 2.75) is 19.2 Å². The molecule has 24 heavy (non-hydrogen) atoms. The van der Waals surface area contributed by atoms with Gasteiger partial charge in [0.25, 0.3) is 0 Å². The Morgan fingerprint density at radius 3 is 2.71 bits per heavy atom. The molecule has 0 amide bonds. The van der Waals surface area contributed by atoms with Gasteiger partial charge in [-0.05, 0) is 38.3 Å². The molecular formula is C17H23FN4OS. The van der Waals surface area contributed by atoms with Crippen LogP contribution in [0.15, 0.2) is 40.1 Å². The third kappa shape index (κ3) is 3.72. The summed E-state index contributed by atoms with van der Waals surface area (Å²) in [5, 5.41) is 6.11. The number of aliphatic imine (C=N–C) groups is 1. The number of benzene rings is 1. The number of thioether (sulfide) groups is 1. The van der Waals surface area contributed by atoms with Crippen molar-refractivity contribution >= 4 is 29.2 Å². The standard InChI is InChI=1S/C17H23FN4OS/c1-7-14-16(19-11(2)24-6)22(5)20-17(23-14)15-12(18)9-8-10-13(15)21(3)4/h7-11H,1-6H3/b14-7+,19-16+. The second kappa shape index (κ2) is 7.70. The average Bonchev–Trinajstić information content (AvgIpc) is 2.55. The van der Waals surface area contributed by atoms with Gasteiger partial charge in [-0.2, -0.15) is 0 Å². The number of amidine groups is 1. The molecule has 130 valence electrons. The number of hydrogen-bond donors (Lipinski definition) is 0. The molecule has 1 heterocycles. The summed E-state index contributed by atoms with van der Waals surface area (Å²) < 4.78 is 20.3. The van der Waals surface area contributed by atoms with Crippen molar-refractivity contribution in [3.8, 4) is 0 Å². The lowest BCUT2D eigenvalue weighted by Gasteiger charge is -2.28. The van der Waals surface area contributed by atoms with Crippen LogP contribution in [0.1, 0.15) is 19.4 Å². The number of hydrazone groups is 1. The molecule has 0 aromatic heterocycles. The Labute approximate surface area is 146 Å². The van der Waals surface area contributed by atoms with Gasteiger partial charge in [-0.15, -0.1) is 16.9 Å². The van der Waals surface area contributed by atoms with Gasteiger partial charge in [0, 0.05) is 21.1 Å². The molecule has 1 aliphatic rings. The predicted molar refractivity (Wildman–Crippen MR) is 100 cm³/mol. The van der Waals surface area contributed by atoms with Crippen LogP contribution in [0, 0.1) is 5.82 Å². The Bertz CT molecular complexity index is 700. The van der Waals surface area contributed by atoms with Crippen LogP contribution < -0.4 is 4.90 Å². The fourth-order valence-corrected chi connectivity index (χ4v) is 2.48. The molecule has 0 fully saturated rings. The molecular weight excluding hydrogens is 327 g/mol. The van der Waals surface area contributed by atoms with E-state index in [4.69, 9.17) is 4.74 Å². The van der Waals surface area contributed by atoms with Crippen LogP contribution in [0.25, 0.3) is 0 Å². The molecule has 0 bridgehead atoms. The van der Waals surface area contributed by atoms with E-state index in [2.05, 4.69) is 10.1 Å². The molecule has 1 aliphatic heterocycles. The molecule has 0 aliphatic carbocycles. The van der Waals surface area contributed by atoms with Crippen LogP contribution in [-0.2, 0) is 4.74 Å². The summed E-state index contributed by atoms with van der Waals surface area (Å²) in [5.74, 6) is 1.05. The highest BCUT2D eigenvalue weighted by atomic mass is 32.2. The first-order valence-electron chi connectivity index (χ1n) is 7.62. The van der Waals surface area contributed by atoms with Gasteiger partial charge in [-0.3, -0.25) is 0 Å². The summed E-state index contributed by atoms with van der Waals surface area (Å²) in [7, 11) is 5.50. The van der Waals surface area contributed by atoms with Gasteiger partial charge in [0.15, 0.2) is 11.6 Å². The fourth-order valence-electron chi connectivity index (χ4n) is 2.27. The van der Waals surface area contributed by atoms with Crippen LogP contribution in [0.3, 0.4) is 0 Å². The fraction of sp³-hybridized carbons (Fsp3) is 0.412. The third-order valence-electron chi connectivity index (χ3n) is 3.57. The molecule has 1 aromatic rings. The number of halogens is 1. The second-order valence-corrected chi connectivity index (χ2v) is 6.65. The largest absolute Gasteiger partial charge is 0.433 e. The van der Waals surface area contributed by atoms with Crippen LogP contribution >= 0.6 is 11.8 Å². The number of anilines is 1. The molecule has 0 saturated heterocycles. The van der Waals surface area contributed by atoms with Gasteiger partial charge in [-0.1, -0.05) is 6.07 Å². The zero-order valence-electron chi connectivity index (χ0n) is 14.9. The smallest absolute Gasteiger partial charge is 0.249 e. The Hall–Kier alpha value is -2.02. The van der Waals surface area contributed by atoms with Crippen LogP contribution in [0.2, 0.25) is 0 Å². The molecule has 1 atom stereocenters. The number of ether oxygens (including phenoxy) is 1. The van der Waals surface area contributed by atoms with Gasteiger partial charge >= 0.3 is 0 Å². The number of nitrogens with zero attached hydrogens (tertiary/aromatic N) is 4. The van der Waals surface area contributed by atoms with E-state index in [1.807, 2.05) is 51.2 Å². The second-order valence-electron chi connectivity index (χ2n) is 5.50. The van der Waals surface area contributed by atoms with Crippen molar-refractivity contribution in [3.05, 3.63) is 41.4 Å². The van der Waals surface area contributed by atoms with E-state index >= 15 is 0 Å². The maximum atomic E-state index is 14.5. The molecule has 0 saturated carbocycles. The number of rotatable bonds is 4. The number of likely N-dealkylation sites (N-methyl/N-ethyl adjacent to an activating group) is 1. The Kier molecular flexibility index (Phi) is 5.88. The Balaban J connectivity index is 2.53. The summed E-state index contributed by atoms with van der Waals surface area (Å²) in [6.45, 7) is 3.86. The van der Waals surface area contributed by atoms with Crippen molar-refractivity contribution in [2.75, 3.05) is 32.3 Å². The quantitative estimate of drug-likeness (QED) is 0.833. The van der Waals surface area contributed by atoms with E-state index in [1.165, 1.54) is 6.07 Å². The highest BCUT2D eigenvalue weighted by molar-refractivity contribution is 7.99. The lowest BCUT2D eigenvalue weighted by Crippen LogP contribution is -2.34. The first kappa shape index (κ1) is 18.3. The zero-order valence-corrected chi connectivity index (χ0v) is 15.7. The third-order valence-corrected chi connectivity index (χ3v) is 4.36. The maximum Gasteiger partial charge on any atom is 0.249 e. The van der Waals surface area contributed by atoms with E-state index in [1.54, 1.807) is 29.9 Å². The molecule has 1 unspecified atom stereocenters. The number of hydrogen-bond acceptors (Lipinski definition) is 5. The SMILES string of the molecule is C/C=C1/OC(c2c(F)cccc2N(C)C)=NN(C)/C1=N/C(C)SC. The lowest BCUT2D eigenvalue weighted by atomic mass is 10.1. The first-order valence-corrected chi connectivity index (χ1v) is 8.91. The van der Waals surface area contributed by atoms with Gasteiger partial charge in [0.1, 0.15) is 5.82 Å². The highest BCUT2D eigenvalue weighted by Crippen LogP contribution is 2.27. The normalized spacial score (nSPS) is 19.3. The topological polar surface area (TPSA) is 40.4 Å². The minimum Gasteiger partial charge on any atom is -0.433 e. The lowest BCUT2D eigenvalue weighted by molar-refractivity contribution is 0.366. The van der Waals surface area contributed by atoms with Crippen molar-refractivity contribution < 1.29 is 9.13 Å². The summed E-state index contributed by atoms with van der Waals surface area (Å²) in [5.41, 5.74) is 1.04. The van der Waals surface area contributed by atoms with Gasteiger partial charge < -0.3 is 9.64 Å². The molecule has 0 spiro atoms. The molecule has 2 rings (SSSR count). The molecule has 5 nitrogen and oxygen atoms in total. The van der Waals surface area contributed by atoms with E-state index < -0.39 is 0 Å². The van der Waals surface area contributed by atoms with Gasteiger partial charge in [0.2, 0.25) is 5.90 Å². The Morgan fingerprint density at radius 2 is 2.12 bits per heavy atom. The van der Waals surface area contributed by atoms with E-state index in [0.717, 1.165) is 0 Å². The zero-order chi connectivity index (χ0) is 17.9. The predicted octanol–water partition coefficient (Wildman–Crippen LogP) is 3.53. The summed E-state index contributed by atoms with van der Waals surface area (Å²) >= 11 is 1.63. The van der Waals surface area contributed by atoms with Crippen molar-refractivity contribution in [2.24, 2.45) is 10.1 Å². The van der Waals surface area contributed by atoms with Crippen LogP contribution in [-0.4, -0.2) is 49.5 Å². The maximum absolute atomic E-state index is 14.5. The van der Waals surface area contributed by atoms with E-state index in [0.29, 0.717) is 22.8 Å². The molecule has 0 N–H and O–H groups in total. The Morgan fingerprint density at radius 1 is 1.42 bits per heavy atom. The van der Waals surface area contributed by atoms with Crippen molar-refractivity contribution in [1.29, 1.82) is 0 Å². The van der Waals surface area contributed by atoms with E-state index in [-0.39, 0.29) is 17.1 Å². The highest BCUT2D eigenvalue weighted by Gasteiger charge is 2.27. The molecule has 7 heteroatoms. The van der Waals surface area contributed by atoms with Crippen molar-refractivity contribution in [3.63, 3.8) is 0 Å². The van der Waals surface area contributed by atoms with Crippen LogP contribution in [0.4, 0.5) is 10.1 Å². The molecule has 0 radical (unpaired) electrons. The van der Waals surface area contributed by atoms with Gasteiger partial charge in [0.05, 0.1) is 16.6 Å². The average molecular weight is 350 g/mol. The minimum atomic E-state index is -0.373. The van der Waals surface area contributed by atoms with Crippen LogP contribution in [0.5, 0.6) is 0 Å². The summed E-state index contributed by atoms with van der Waals surface area (Å²) in [6, 6.07) is 4.91. The first-order chi connectivity index (χ1) is 11.4. The minimum absolute atomic E-state index is 0.0727.